The summed E-state index contributed by atoms with van der Waals surface area (Å²) in [5.74, 6) is -1.43. The first-order valence-electron chi connectivity index (χ1n) is 18.9. The van der Waals surface area contributed by atoms with E-state index in [0.29, 0.717) is 44.4 Å². The van der Waals surface area contributed by atoms with E-state index in [-0.39, 0.29) is 59.5 Å². The van der Waals surface area contributed by atoms with Gasteiger partial charge >= 0.3 is 5.97 Å². The highest BCUT2D eigenvalue weighted by atomic mass is 28.4. The molecule has 1 aromatic heterocycles. The fourth-order valence-corrected chi connectivity index (χ4v) is 8.23. The molecular weight excluding hydrogens is 683 g/mol. The average Bonchev–Trinajstić information content (AvgIpc) is 3.54. The summed E-state index contributed by atoms with van der Waals surface area (Å²) in [6.45, 7) is 23.2. The van der Waals surface area contributed by atoms with Crippen molar-refractivity contribution in [3.63, 3.8) is 0 Å². The molecule has 2 aliphatic rings. The molecule has 0 aromatic carbocycles. The third kappa shape index (κ3) is 12.3. The van der Waals surface area contributed by atoms with Gasteiger partial charge in [0.25, 0.3) is 0 Å². The third-order valence-electron chi connectivity index (χ3n) is 11.2. The summed E-state index contributed by atoms with van der Waals surface area (Å²) in [7, 11) is 4.35. The zero-order chi connectivity index (χ0) is 39.1. The van der Waals surface area contributed by atoms with E-state index in [1.807, 2.05) is 40.7 Å². The molecule has 3 rings (SSSR count). The molecule has 298 valence electrons. The molecule has 12 heteroatoms. The van der Waals surface area contributed by atoms with Crippen LogP contribution in [0.3, 0.4) is 0 Å². The average molecular weight is 752 g/mol. The van der Waals surface area contributed by atoms with Crippen molar-refractivity contribution in [3.8, 4) is 0 Å². The molecule has 0 unspecified atom stereocenters. The number of aromatic nitrogens is 1. The van der Waals surface area contributed by atoms with Crippen LogP contribution in [-0.4, -0.2) is 89.8 Å². The van der Waals surface area contributed by atoms with E-state index >= 15 is 0 Å². The summed E-state index contributed by atoms with van der Waals surface area (Å²) in [5.41, 5.74) is 1.76. The minimum Gasteiger partial charge on any atom is -0.469 e. The molecule has 11 nitrogen and oxygen atoms in total. The maximum atomic E-state index is 12.4. The number of hydrogen-bond donors (Lipinski definition) is 0. The zero-order valence-electron chi connectivity index (χ0n) is 34.7. The van der Waals surface area contributed by atoms with Crippen molar-refractivity contribution in [2.45, 2.75) is 167 Å². The molecule has 0 bridgehead atoms. The Morgan fingerprint density at radius 3 is 2.33 bits per heavy atom. The number of ether oxygens (including phenoxy) is 7. The maximum Gasteiger partial charge on any atom is 0.308 e. The van der Waals surface area contributed by atoms with Crippen molar-refractivity contribution < 1.29 is 46.8 Å². The van der Waals surface area contributed by atoms with Gasteiger partial charge in [-0.2, -0.15) is 0 Å². The summed E-state index contributed by atoms with van der Waals surface area (Å²) in [4.78, 5) is 17.1. The van der Waals surface area contributed by atoms with Gasteiger partial charge in [-0.1, -0.05) is 46.8 Å². The van der Waals surface area contributed by atoms with Gasteiger partial charge in [0.2, 0.25) is 5.89 Å². The van der Waals surface area contributed by atoms with Gasteiger partial charge in [0.15, 0.2) is 19.9 Å². The van der Waals surface area contributed by atoms with Crippen molar-refractivity contribution in [1.29, 1.82) is 0 Å². The summed E-state index contributed by atoms with van der Waals surface area (Å²) >= 11 is 0. The van der Waals surface area contributed by atoms with Crippen LogP contribution in [0.1, 0.15) is 119 Å². The van der Waals surface area contributed by atoms with Crippen LogP contribution in [0.5, 0.6) is 0 Å². The molecule has 0 spiro atoms. The van der Waals surface area contributed by atoms with Crippen LogP contribution in [-0.2, 0) is 42.4 Å². The van der Waals surface area contributed by atoms with E-state index in [0.717, 1.165) is 11.3 Å². The predicted molar refractivity (Wildman–Crippen MR) is 204 cm³/mol. The zero-order valence-corrected chi connectivity index (χ0v) is 35.7. The number of rotatable bonds is 17. The van der Waals surface area contributed by atoms with Gasteiger partial charge in [-0.3, -0.25) is 4.79 Å². The number of carbonyl (C=O) groups excluding carboxylic acids is 1. The van der Waals surface area contributed by atoms with E-state index in [9.17, 15) is 4.79 Å². The molecule has 2 saturated heterocycles. The van der Waals surface area contributed by atoms with Crippen molar-refractivity contribution >= 4 is 20.4 Å². The highest BCUT2D eigenvalue weighted by molar-refractivity contribution is 6.74. The Morgan fingerprint density at radius 2 is 1.73 bits per heavy atom. The Bertz CT molecular complexity index is 1330. The van der Waals surface area contributed by atoms with E-state index in [4.69, 9.17) is 47.0 Å². The molecule has 2 fully saturated rings. The lowest BCUT2D eigenvalue weighted by molar-refractivity contribution is -0.302. The van der Waals surface area contributed by atoms with Crippen LogP contribution in [0.25, 0.3) is 6.08 Å². The van der Waals surface area contributed by atoms with Crippen molar-refractivity contribution in [2.75, 3.05) is 28.4 Å². The van der Waals surface area contributed by atoms with Crippen molar-refractivity contribution in [2.24, 2.45) is 11.8 Å². The monoisotopic (exact) mass is 751 g/mol. The summed E-state index contributed by atoms with van der Waals surface area (Å²) in [6, 6.07) is 0. The van der Waals surface area contributed by atoms with Gasteiger partial charge in [0, 0.05) is 46.7 Å². The number of hydrogen-bond acceptors (Lipinski definition) is 11. The highest BCUT2D eigenvalue weighted by Crippen LogP contribution is 2.42. The quantitative estimate of drug-likeness (QED) is 0.0658. The molecule has 2 aliphatic heterocycles. The lowest BCUT2D eigenvalue weighted by Gasteiger charge is -2.45. The number of carbonyl (C=O) groups is 1. The summed E-state index contributed by atoms with van der Waals surface area (Å²) in [5, 5.41) is 0.0229. The van der Waals surface area contributed by atoms with Crippen LogP contribution >= 0.6 is 0 Å². The predicted octanol–water partition coefficient (Wildman–Crippen LogP) is 8.79. The minimum absolute atomic E-state index is 0.0229. The second-order valence-corrected chi connectivity index (χ2v) is 21.6. The number of nitrogens with zero attached hydrogens (tertiary/aromatic N) is 1. The molecule has 0 radical (unpaired) electrons. The normalized spacial score (nSPS) is 26.6. The summed E-state index contributed by atoms with van der Waals surface area (Å²) in [6.07, 6.45) is 10.5. The first-order valence-corrected chi connectivity index (χ1v) is 21.8. The lowest BCUT2D eigenvalue weighted by Crippen LogP contribution is -2.50. The van der Waals surface area contributed by atoms with Gasteiger partial charge in [0.1, 0.15) is 18.1 Å². The van der Waals surface area contributed by atoms with Gasteiger partial charge < -0.3 is 42.0 Å². The van der Waals surface area contributed by atoms with Crippen LogP contribution < -0.4 is 0 Å². The van der Waals surface area contributed by atoms with Crippen LogP contribution in [0, 0.1) is 11.8 Å². The Morgan fingerprint density at radius 1 is 1.06 bits per heavy atom. The van der Waals surface area contributed by atoms with Gasteiger partial charge in [-0.25, -0.2) is 4.98 Å². The van der Waals surface area contributed by atoms with E-state index in [2.05, 4.69) is 52.9 Å². The van der Waals surface area contributed by atoms with Gasteiger partial charge in [0.05, 0.1) is 43.5 Å². The molecule has 3 heterocycles. The Kier molecular flexibility index (Phi) is 15.9. The topological polar surface area (TPSA) is 117 Å². The maximum absolute atomic E-state index is 12.4. The van der Waals surface area contributed by atoms with Crippen LogP contribution in [0.15, 0.2) is 28.4 Å². The van der Waals surface area contributed by atoms with E-state index < -0.39 is 19.9 Å². The SMILES string of the molecule is COC(=O)[C@@H](C)C[C@H](C)[C@H](C[C@@H]1CC(OC)(OC)C[C@H](/C=C/C[C@H]2C[C@@H](c3coc(/C=C(\C)[C@@H](C)OC)n3)OC(C)(C)O2)O1)O[Si](C)(C)C(C)(C)C. The number of esters is 1. The van der Waals surface area contributed by atoms with Crippen molar-refractivity contribution in [1.82, 2.24) is 4.98 Å². The lowest BCUT2D eigenvalue weighted by atomic mass is 9.87. The fourth-order valence-electron chi connectivity index (χ4n) is 6.79. The smallest absolute Gasteiger partial charge is 0.308 e. The van der Waals surface area contributed by atoms with E-state index in [1.54, 1.807) is 27.6 Å². The van der Waals surface area contributed by atoms with Crippen LogP contribution in [0.2, 0.25) is 18.1 Å². The largest absolute Gasteiger partial charge is 0.469 e. The molecule has 52 heavy (non-hydrogen) atoms. The van der Waals surface area contributed by atoms with Gasteiger partial charge in [-0.15, -0.1) is 0 Å². The molecule has 0 N–H and O–H groups in total. The first kappa shape index (κ1) is 44.5. The second kappa shape index (κ2) is 18.6. The first-order chi connectivity index (χ1) is 24.2. The van der Waals surface area contributed by atoms with Crippen molar-refractivity contribution in [3.05, 3.63) is 35.6 Å². The number of oxazole rings is 1. The molecular formula is C40H69NO10Si. The Balaban J connectivity index is 1.77. The molecule has 1 aromatic rings. The third-order valence-corrected chi connectivity index (χ3v) is 15.7. The molecule has 0 aliphatic carbocycles. The van der Waals surface area contributed by atoms with Crippen LogP contribution in [0.4, 0.5) is 0 Å². The van der Waals surface area contributed by atoms with E-state index in [1.165, 1.54) is 7.11 Å². The summed E-state index contributed by atoms with van der Waals surface area (Å²) < 4.78 is 54.8. The minimum atomic E-state index is -2.16. The molecule has 0 saturated carbocycles. The fraction of sp³-hybridized carbons (Fsp3) is 0.800. The Labute approximate surface area is 314 Å². The number of methoxy groups -OCH3 is 4. The molecule has 0 amide bonds. The Hall–Kier alpha value is -1.90. The molecule has 8 atom stereocenters. The second-order valence-electron chi connectivity index (χ2n) is 16.8. The standard InChI is InChI=1S/C40H69NO10Si/c1-26(29(4)43-10)20-36-41-33(25-47-36)35-21-30(49-39(8,9)50-35)17-16-18-31-23-40(45-12,46-13)24-32(48-31)22-34(51-52(14,15)38(5,6)7)27(2)19-28(3)37(42)44-11/h16,18,20,25,27-32,34-35H,17,19,21-24H2,1-15H3/b18-16+,26-20+/t27-,28-,29+,30-,31-,32+,34-,35-/m0/s1. The highest BCUT2D eigenvalue weighted by Gasteiger charge is 2.45. The van der Waals surface area contributed by atoms with Gasteiger partial charge in [-0.05, 0) is 76.6 Å².